The van der Waals surface area contributed by atoms with Crippen LogP contribution >= 0.6 is 0 Å². The van der Waals surface area contributed by atoms with Crippen LogP contribution < -0.4 is 0 Å². The van der Waals surface area contributed by atoms with Crippen molar-refractivity contribution in [3.05, 3.63) is 12.2 Å². The molecule has 0 bridgehead atoms. The maximum atomic E-state index is 10.3. The second-order valence-electron chi connectivity index (χ2n) is 5.92. The number of aliphatic carboxylic acids is 1. The molecule has 1 N–H and O–H groups in total. The number of hydrogen-bond acceptors (Lipinski definition) is 2. The molecule has 116 valence electrons. The van der Waals surface area contributed by atoms with Gasteiger partial charge in [0.2, 0.25) is 0 Å². The van der Waals surface area contributed by atoms with Crippen LogP contribution in [0.2, 0.25) is 0 Å². The van der Waals surface area contributed by atoms with Crippen molar-refractivity contribution in [2.24, 2.45) is 5.92 Å². The molecule has 1 aliphatic rings. The van der Waals surface area contributed by atoms with Crippen LogP contribution in [0, 0.1) is 5.92 Å². The number of methoxy groups -OCH3 is 1. The summed E-state index contributed by atoms with van der Waals surface area (Å²) in [7, 11) is 1.83. The molecule has 0 saturated heterocycles. The number of carbonyl (C=O) groups is 1. The van der Waals surface area contributed by atoms with Crippen molar-refractivity contribution in [1.82, 2.24) is 0 Å². The summed E-state index contributed by atoms with van der Waals surface area (Å²) in [6.07, 6.45) is 17.1. The fraction of sp³-hybridized carbons (Fsp3) is 0.824. The van der Waals surface area contributed by atoms with Crippen LogP contribution in [-0.2, 0) is 9.53 Å². The van der Waals surface area contributed by atoms with Gasteiger partial charge in [0.1, 0.15) is 0 Å². The third-order valence-electron chi connectivity index (χ3n) is 4.30. The van der Waals surface area contributed by atoms with E-state index in [1.54, 1.807) is 0 Å². The zero-order valence-electron chi connectivity index (χ0n) is 12.9. The molecule has 1 rings (SSSR count). The quantitative estimate of drug-likeness (QED) is 0.472. The van der Waals surface area contributed by atoms with Gasteiger partial charge in [-0.25, -0.2) is 0 Å². The maximum absolute atomic E-state index is 10.3. The smallest absolute Gasteiger partial charge is 0.303 e. The molecule has 0 unspecified atom stereocenters. The van der Waals surface area contributed by atoms with E-state index in [2.05, 4.69) is 6.08 Å². The van der Waals surface area contributed by atoms with Crippen molar-refractivity contribution in [2.75, 3.05) is 7.11 Å². The van der Waals surface area contributed by atoms with Crippen molar-refractivity contribution in [1.29, 1.82) is 0 Å². The fourth-order valence-electron chi connectivity index (χ4n) is 2.97. The van der Waals surface area contributed by atoms with E-state index in [1.165, 1.54) is 51.4 Å². The van der Waals surface area contributed by atoms with Crippen molar-refractivity contribution >= 4 is 5.97 Å². The van der Waals surface area contributed by atoms with Gasteiger partial charge in [-0.2, -0.15) is 0 Å². The number of allylic oxidation sites excluding steroid dienone is 2. The number of carboxylic acids is 1. The van der Waals surface area contributed by atoms with E-state index in [0.29, 0.717) is 12.5 Å². The van der Waals surface area contributed by atoms with Gasteiger partial charge >= 0.3 is 5.97 Å². The Labute approximate surface area is 123 Å². The van der Waals surface area contributed by atoms with E-state index in [4.69, 9.17) is 9.84 Å². The molecule has 0 atom stereocenters. The summed E-state index contributed by atoms with van der Waals surface area (Å²) in [5, 5.41) is 8.50. The molecule has 0 spiro atoms. The molecule has 3 heteroatoms. The van der Waals surface area contributed by atoms with E-state index in [9.17, 15) is 4.79 Å². The number of carboxylic acid groups (broad SMARTS) is 1. The van der Waals surface area contributed by atoms with E-state index in [0.717, 1.165) is 12.3 Å². The lowest BCUT2D eigenvalue weighted by molar-refractivity contribution is -0.136. The second-order valence-corrected chi connectivity index (χ2v) is 5.92. The van der Waals surface area contributed by atoms with E-state index >= 15 is 0 Å². The van der Waals surface area contributed by atoms with Crippen LogP contribution in [0.25, 0.3) is 0 Å². The molecule has 0 aromatic heterocycles. The molecule has 0 amide bonds. The van der Waals surface area contributed by atoms with Gasteiger partial charge < -0.3 is 9.84 Å². The van der Waals surface area contributed by atoms with Crippen LogP contribution in [0.4, 0.5) is 0 Å². The lowest BCUT2D eigenvalue weighted by atomic mass is 9.84. The first-order valence-corrected chi connectivity index (χ1v) is 8.12. The van der Waals surface area contributed by atoms with Gasteiger partial charge in [-0.15, -0.1) is 0 Å². The van der Waals surface area contributed by atoms with Gasteiger partial charge in [0.15, 0.2) is 0 Å². The SMILES string of the molecule is COC1CCC(CCCCC/C=C/CCC(=O)O)CC1. The minimum atomic E-state index is -0.710. The summed E-state index contributed by atoms with van der Waals surface area (Å²) in [5.74, 6) is 0.213. The minimum Gasteiger partial charge on any atom is -0.481 e. The Hall–Kier alpha value is -0.830. The number of rotatable bonds is 10. The highest BCUT2D eigenvalue weighted by molar-refractivity contribution is 5.66. The first-order valence-electron chi connectivity index (χ1n) is 8.12. The Morgan fingerprint density at radius 2 is 1.80 bits per heavy atom. The Morgan fingerprint density at radius 3 is 2.45 bits per heavy atom. The van der Waals surface area contributed by atoms with Gasteiger partial charge in [-0.3, -0.25) is 4.79 Å². The third-order valence-corrected chi connectivity index (χ3v) is 4.30. The summed E-state index contributed by atoms with van der Waals surface area (Å²) >= 11 is 0. The Morgan fingerprint density at radius 1 is 1.10 bits per heavy atom. The van der Waals surface area contributed by atoms with Crippen molar-refractivity contribution in [3.8, 4) is 0 Å². The summed E-state index contributed by atoms with van der Waals surface area (Å²) < 4.78 is 5.40. The zero-order chi connectivity index (χ0) is 14.6. The topological polar surface area (TPSA) is 46.5 Å². The lowest BCUT2D eigenvalue weighted by Gasteiger charge is -2.27. The molecular formula is C17H30O3. The summed E-state index contributed by atoms with van der Waals surface area (Å²) in [4.78, 5) is 10.3. The van der Waals surface area contributed by atoms with Gasteiger partial charge in [-0.1, -0.05) is 31.4 Å². The van der Waals surface area contributed by atoms with Crippen LogP contribution in [0.5, 0.6) is 0 Å². The molecule has 1 aliphatic carbocycles. The van der Waals surface area contributed by atoms with Crippen LogP contribution in [-0.4, -0.2) is 24.3 Å². The van der Waals surface area contributed by atoms with Crippen molar-refractivity contribution < 1.29 is 14.6 Å². The molecule has 20 heavy (non-hydrogen) atoms. The van der Waals surface area contributed by atoms with Gasteiger partial charge in [-0.05, 0) is 50.9 Å². The second kappa shape index (κ2) is 10.9. The van der Waals surface area contributed by atoms with Gasteiger partial charge in [0, 0.05) is 13.5 Å². The standard InChI is InChI=1S/C17H30O3/c1-20-16-13-11-15(12-14-16)9-7-5-3-2-4-6-8-10-17(18)19/h4,6,15-16H,2-3,5,7-14H2,1H3,(H,18,19)/b6-4+. The minimum absolute atomic E-state index is 0.251. The molecule has 0 radical (unpaired) electrons. The van der Waals surface area contributed by atoms with Crippen LogP contribution in [0.15, 0.2) is 12.2 Å². The van der Waals surface area contributed by atoms with E-state index in [1.807, 2.05) is 13.2 Å². The Balaban J connectivity index is 1.89. The molecular weight excluding hydrogens is 252 g/mol. The first-order chi connectivity index (χ1) is 9.72. The largest absolute Gasteiger partial charge is 0.481 e. The third kappa shape index (κ3) is 8.36. The maximum Gasteiger partial charge on any atom is 0.303 e. The normalized spacial score (nSPS) is 23.2. The predicted molar refractivity (Wildman–Crippen MR) is 81.8 cm³/mol. The first kappa shape index (κ1) is 17.2. The van der Waals surface area contributed by atoms with Gasteiger partial charge in [0.25, 0.3) is 0 Å². The highest BCUT2D eigenvalue weighted by Crippen LogP contribution is 2.29. The average Bonchev–Trinajstić information content (AvgIpc) is 2.46. The number of hydrogen-bond donors (Lipinski definition) is 1. The highest BCUT2D eigenvalue weighted by atomic mass is 16.5. The molecule has 0 aromatic carbocycles. The predicted octanol–water partition coefficient (Wildman–Crippen LogP) is 4.56. The van der Waals surface area contributed by atoms with Crippen molar-refractivity contribution in [3.63, 3.8) is 0 Å². The average molecular weight is 282 g/mol. The van der Waals surface area contributed by atoms with Gasteiger partial charge in [0.05, 0.1) is 6.10 Å². The fourth-order valence-corrected chi connectivity index (χ4v) is 2.97. The lowest BCUT2D eigenvalue weighted by Crippen LogP contribution is -2.20. The van der Waals surface area contributed by atoms with E-state index in [-0.39, 0.29) is 6.42 Å². The highest BCUT2D eigenvalue weighted by Gasteiger charge is 2.19. The molecule has 0 aliphatic heterocycles. The zero-order valence-corrected chi connectivity index (χ0v) is 12.9. The summed E-state index contributed by atoms with van der Waals surface area (Å²) in [6.45, 7) is 0. The monoisotopic (exact) mass is 282 g/mol. The summed E-state index contributed by atoms with van der Waals surface area (Å²) in [5.41, 5.74) is 0. The van der Waals surface area contributed by atoms with Crippen LogP contribution in [0.1, 0.15) is 70.6 Å². The molecule has 1 fully saturated rings. The molecule has 3 nitrogen and oxygen atoms in total. The Kier molecular flexibility index (Phi) is 9.38. The number of unbranched alkanes of at least 4 members (excludes halogenated alkanes) is 3. The molecule has 0 heterocycles. The van der Waals surface area contributed by atoms with Crippen molar-refractivity contribution in [2.45, 2.75) is 76.7 Å². The molecule has 0 aromatic rings. The van der Waals surface area contributed by atoms with Crippen LogP contribution in [0.3, 0.4) is 0 Å². The molecule has 1 saturated carbocycles. The number of ether oxygens (including phenoxy) is 1. The Bertz CT molecular complexity index is 278. The summed E-state index contributed by atoms with van der Waals surface area (Å²) in [6, 6.07) is 0. The van der Waals surface area contributed by atoms with E-state index < -0.39 is 5.97 Å².